The highest BCUT2D eigenvalue weighted by molar-refractivity contribution is 5.75. The summed E-state index contributed by atoms with van der Waals surface area (Å²) >= 11 is 0. The normalized spacial score (nSPS) is 16.0. The molecule has 7 heteroatoms. The second kappa shape index (κ2) is 5.66. The van der Waals surface area contributed by atoms with Crippen LogP contribution in [0.15, 0.2) is 47.0 Å². The van der Waals surface area contributed by atoms with Crippen LogP contribution in [0.25, 0.3) is 11.0 Å². The molecule has 0 spiro atoms. The number of nitrogens with zero attached hydrogens (tertiary/aromatic N) is 4. The topological polar surface area (TPSA) is 66.0 Å². The summed E-state index contributed by atoms with van der Waals surface area (Å²) in [5.41, 5.74) is 2.76. The van der Waals surface area contributed by atoms with Crippen LogP contribution in [0, 0.1) is 12.7 Å². The molecule has 130 valence electrons. The second-order valence-electron chi connectivity index (χ2n) is 6.32. The molecule has 0 saturated heterocycles. The van der Waals surface area contributed by atoms with Gasteiger partial charge in [-0.25, -0.2) is 9.37 Å². The summed E-state index contributed by atoms with van der Waals surface area (Å²) in [5.74, 6) is 1.67. The fraction of sp³-hybridized carbons (Fsp3) is 0.211. The van der Waals surface area contributed by atoms with Crippen molar-refractivity contribution in [1.29, 1.82) is 0 Å². The van der Waals surface area contributed by atoms with Crippen molar-refractivity contribution in [2.24, 2.45) is 0 Å². The molecule has 0 saturated carbocycles. The third kappa shape index (κ3) is 2.35. The average molecular weight is 350 g/mol. The van der Waals surface area contributed by atoms with Gasteiger partial charge in [-0.1, -0.05) is 29.4 Å². The van der Waals surface area contributed by atoms with Gasteiger partial charge in [0.25, 0.3) is 5.89 Å². The fourth-order valence-electron chi connectivity index (χ4n) is 3.37. The van der Waals surface area contributed by atoms with Gasteiger partial charge in [-0.3, -0.25) is 0 Å². The Morgan fingerprint density at radius 2 is 2.04 bits per heavy atom. The first-order valence-corrected chi connectivity index (χ1v) is 8.37. The fourth-order valence-corrected chi connectivity index (χ4v) is 3.37. The van der Waals surface area contributed by atoms with Crippen LogP contribution in [0.3, 0.4) is 0 Å². The molecule has 4 aromatic rings. The Balaban J connectivity index is 1.41. The zero-order valence-corrected chi connectivity index (χ0v) is 14.0. The van der Waals surface area contributed by atoms with Crippen LogP contribution >= 0.6 is 0 Å². The van der Waals surface area contributed by atoms with Crippen LogP contribution in [0.5, 0.6) is 5.75 Å². The molecular formula is C19H15FN4O2. The SMILES string of the molecule is Cc1nc2ccccc2n1Cc1noc(C2Cc3cccc(F)c3O2)n1. The first kappa shape index (κ1) is 15.1. The molecule has 1 unspecified atom stereocenters. The lowest BCUT2D eigenvalue weighted by atomic mass is 10.1. The summed E-state index contributed by atoms with van der Waals surface area (Å²) < 4.78 is 26.9. The van der Waals surface area contributed by atoms with Gasteiger partial charge in [-0.15, -0.1) is 0 Å². The summed E-state index contributed by atoms with van der Waals surface area (Å²) in [5, 5.41) is 4.06. The first-order chi connectivity index (χ1) is 12.7. The average Bonchev–Trinajstić information content (AvgIpc) is 3.34. The minimum absolute atomic E-state index is 0.272. The van der Waals surface area contributed by atoms with Crippen molar-refractivity contribution in [1.82, 2.24) is 19.7 Å². The second-order valence-corrected chi connectivity index (χ2v) is 6.32. The van der Waals surface area contributed by atoms with Gasteiger partial charge < -0.3 is 13.8 Å². The van der Waals surface area contributed by atoms with Gasteiger partial charge in [-0.2, -0.15) is 4.98 Å². The predicted octanol–water partition coefficient (Wildman–Crippen LogP) is 3.59. The monoisotopic (exact) mass is 350 g/mol. The summed E-state index contributed by atoms with van der Waals surface area (Å²) in [6.45, 7) is 2.39. The van der Waals surface area contributed by atoms with Crippen LogP contribution in [-0.4, -0.2) is 19.7 Å². The molecule has 0 bridgehead atoms. The third-order valence-corrected chi connectivity index (χ3v) is 4.62. The quantitative estimate of drug-likeness (QED) is 0.565. The van der Waals surface area contributed by atoms with Gasteiger partial charge in [0, 0.05) is 12.0 Å². The Morgan fingerprint density at radius 1 is 1.15 bits per heavy atom. The molecule has 6 nitrogen and oxygen atoms in total. The van der Waals surface area contributed by atoms with Crippen molar-refractivity contribution in [2.75, 3.05) is 0 Å². The van der Waals surface area contributed by atoms with Crippen LogP contribution in [-0.2, 0) is 13.0 Å². The van der Waals surface area contributed by atoms with Crippen LogP contribution < -0.4 is 4.74 Å². The highest BCUT2D eigenvalue weighted by Crippen LogP contribution is 2.37. The highest BCUT2D eigenvalue weighted by Gasteiger charge is 2.31. The van der Waals surface area contributed by atoms with E-state index in [1.54, 1.807) is 6.07 Å². The Labute approximate surface area is 148 Å². The molecule has 26 heavy (non-hydrogen) atoms. The molecule has 0 amide bonds. The molecule has 1 atom stereocenters. The van der Waals surface area contributed by atoms with Crippen LogP contribution in [0.1, 0.15) is 29.2 Å². The number of aromatic nitrogens is 4. The molecule has 0 radical (unpaired) electrons. The number of ether oxygens (including phenoxy) is 1. The molecule has 1 aliphatic heterocycles. The van der Waals surface area contributed by atoms with E-state index in [2.05, 4.69) is 15.1 Å². The standard InChI is InChI=1S/C19H15FN4O2/c1-11-21-14-7-2-3-8-15(14)24(11)10-17-22-19(26-23-17)16-9-12-5-4-6-13(20)18(12)25-16/h2-8,16H,9-10H2,1H3. The van der Waals surface area contributed by atoms with E-state index in [0.29, 0.717) is 24.7 Å². The van der Waals surface area contributed by atoms with Gasteiger partial charge in [0.15, 0.2) is 23.5 Å². The summed E-state index contributed by atoms with van der Waals surface area (Å²) in [6, 6.07) is 12.8. The zero-order chi connectivity index (χ0) is 17.7. The number of benzene rings is 2. The lowest BCUT2D eigenvalue weighted by molar-refractivity contribution is 0.178. The van der Waals surface area contributed by atoms with Crippen molar-refractivity contribution >= 4 is 11.0 Å². The molecular weight excluding hydrogens is 335 g/mol. The third-order valence-electron chi connectivity index (χ3n) is 4.62. The molecule has 2 aromatic carbocycles. The predicted molar refractivity (Wildman–Crippen MR) is 91.3 cm³/mol. The highest BCUT2D eigenvalue weighted by atomic mass is 19.1. The van der Waals surface area contributed by atoms with Gasteiger partial charge in [0.1, 0.15) is 5.82 Å². The number of hydrogen-bond donors (Lipinski definition) is 0. The summed E-state index contributed by atoms with van der Waals surface area (Å²) in [6.07, 6.45) is 0.0608. The number of imidazole rings is 1. The van der Waals surface area contributed by atoms with E-state index in [1.165, 1.54) is 6.07 Å². The van der Waals surface area contributed by atoms with Gasteiger partial charge in [0.05, 0.1) is 17.6 Å². The van der Waals surface area contributed by atoms with Crippen molar-refractivity contribution in [3.05, 3.63) is 71.4 Å². The minimum atomic E-state index is -0.455. The number of rotatable bonds is 3. The maximum atomic E-state index is 13.8. The summed E-state index contributed by atoms with van der Waals surface area (Å²) in [7, 11) is 0. The maximum absolute atomic E-state index is 13.8. The molecule has 5 rings (SSSR count). The number of hydrogen-bond acceptors (Lipinski definition) is 5. The Morgan fingerprint density at radius 3 is 2.92 bits per heavy atom. The molecule has 2 aromatic heterocycles. The number of halogens is 1. The lowest BCUT2D eigenvalue weighted by Gasteiger charge is -2.05. The first-order valence-electron chi connectivity index (χ1n) is 8.37. The van der Waals surface area contributed by atoms with Crippen molar-refractivity contribution in [2.45, 2.75) is 26.0 Å². The van der Waals surface area contributed by atoms with Crippen LogP contribution in [0.4, 0.5) is 4.39 Å². The van der Waals surface area contributed by atoms with Crippen molar-refractivity contribution in [3.63, 3.8) is 0 Å². The molecule has 0 N–H and O–H groups in total. The van der Waals surface area contributed by atoms with E-state index in [-0.39, 0.29) is 11.6 Å². The van der Waals surface area contributed by atoms with Crippen LogP contribution in [0.2, 0.25) is 0 Å². The Bertz CT molecular complexity index is 1120. The van der Waals surface area contributed by atoms with E-state index in [4.69, 9.17) is 9.26 Å². The lowest BCUT2D eigenvalue weighted by Crippen LogP contribution is -2.06. The summed E-state index contributed by atoms with van der Waals surface area (Å²) in [4.78, 5) is 8.99. The van der Waals surface area contributed by atoms with Gasteiger partial charge in [-0.05, 0) is 25.1 Å². The van der Waals surface area contributed by atoms with E-state index in [9.17, 15) is 4.39 Å². The number of fused-ring (bicyclic) bond motifs is 2. The molecule has 0 fully saturated rings. The van der Waals surface area contributed by atoms with E-state index < -0.39 is 6.10 Å². The van der Waals surface area contributed by atoms with Crippen molar-refractivity contribution in [3.8, 4) is 5.75 Å². The molecule has 0 aliphatic carbocycles. The minimum Gasteiger partial charge on any atom is -0.477 e. The van der Waals surface area contributed by atoms with E-state index in [1.807, 2.05) is 41.8 Å². The number of aryl methyl sites for hydroxylation is 1. The smallest absolute Gasteiger partial charge is 0.268 e. The van der Waals surface area contributed by atoms with Gasteiger partial charge >= 0.3 is 0 Å². The maximum Gasteiger partial charge on any atom is 0.268 e. The zero-order valence-electron chi connectivity index (χ0n) is 14.0. The largest absolute Gasteiger partial charge is 0.477 e. The van der Waals surface area contributed by atoms with Gasteiger partial charge in [0.2, 0.25) is 0 Å². The molecule has 3 heterocycles. The molecule has 1 aliphatic rings. The Hall–Kier alpha value is -3.22. The van der Waals surface area contributed by atoms with E-state index in [0.717, 1.165) is 22.4 Å². The number of para-hydroxylation sites is 3. The van der Waals surface area contributed by atoms with E-state index >= 15 is 0 Å². The van der Waals surface area contributed by atoms with Crippen molar-refractivity contribution < 1.29 is 13.7 Å². The Kier molecular flexibility index (Phi) is 3.28.